The van der Waals surface area contributed by atoms with E-state index in [-0.39, 0.29) is 35.7 Å². The van der Waals surface area contributed by atoms with Crippen LogP contribution in [0.15, 0.2) is 72.8 Å². The zero-order valence-corrected chi connectivity index (χ0v) is 22.2. The van der Waals surface area contributed by atoms with Crippen LogP contribution >= 0.6 is 11.6 Å². The number of nitrogens with zero attached hydrogens (tertiary/aromatic N) is 2. The molecule has 0 bridgehead atoms. The van der Waals surface area contributed by atoms with E-state index < -0.39 is 23.5 Å². The van der Waals surface area contributed by atoms with Gasteiger partial charge in [-0.05, 0) is 43.2 Å². The van der Waals surface area contributed by atoms with Gasteiger partial charge in [-0.15, -0.1) is 0 Å². The summed E-state index contributed by atoms with van der Waals surface area (Å²) in [4.78, 5) is 39.1. The second-order valence-corrected chi connectivity index (χ2v) is 9.33. The number of halogens is 1. The van der Waals surface area contributed by atoms with Gasteiger partial charge in [0.1, 0.15) is 11.8 Å². The summed E-state index contributed by atoms with van der Waals surface area (Å²) in [5.41, 5.74) is 1.46. The first-order chi connectivity index (χ1) is 18.2. The largest absolute Gasteiger partial charge is 0.490 e. The maximum Gasteiger partial charge on any atom is 0.311 e. The van der Waals surface area contributed by atoms with Crippen LogP contribution in [0.25, 0.3) is 0 Å². The summed E-state index contributed by atoms with van der Waals surface area (Å²) >= 11 is 6.04. The van der Waals surface area contributed by atoms with E-state index in [9.17, 15) is 19.7 Å². The first kappa shape index (κ1) is 28.5. The number of nitro benzene ring substituents is 1. The summed E-state index contributed by atoms with van der Waals surface area (Å²) in [7, 11) is 1.31. The Hall–Kier alpha value is -4.11. The lowest BCUT2D eigenvalue weighted by Crippen LogP contribution is -2.52. The lowest BCUT2D eigenvalue weighted by atomic mass is 10.0. The molecule has 3 aromatic rings. The monoisotopic (exact) mass is 539 g/mol. The summed E-state index contributed by atoms with van der Waals surface area (Å²) in [6.45, 7) is 3.46. The summed E-state index contributed by atoms with van der Waals surface area (Å²) < 4.78 is 10.8. The molecule has 0 radical (unpaired) electrons. The number of carbonyl (C=O) groups is 2. The fourth-order valence-corrected chi connectivity index (χ4v) is 3.97. The lowest BCUT2D eigenvalue weighted by Gasteiger charge is -2.32. The number of carbonyl (C=O) groups excluding carboxylic acids is 2. The average Bonchev–Trinajstić information content (AvgIpc) is 2.90. The fraction of sp³-hybridized carbons (Fsp3) is 0.286. The number of ether oxygens (including phenoxy) is 2. The second kappa shape index (κ2) is 13.4. The van der Waals surface area contributed by atoms with Crippen molar-refractivity contribution in [3.05, 3.63) is 99.1 Å². The molecule has 1 unspecified atom stereocenters. The second-order valence-electron chi connectivity index (χ2n) is 8.90. The van der Waals surface area contributed by atoms with Gasteiger partial charge in [0, 0.05) is 36.2 Å². The van der Waals surface area contributed by atoms with Gasteiger partial charge in [-0.3, -0.25) is 19.7 Å². The molecule has 38 heavy (non-hydrogen) atoms. The number of benzene rings is 3. The van der Waals surface area contributed by atoms with E-state index in [0.717, 1.165) is 11.1 Å². The number of amides is 2. The Morgan fingerprint density at radius 1 is 1.03 bits per heavy atom. The Morgan fingerprint density at radius 2 is 1.71 bits per heavy atom. The molecule has 0 aliphatic heterocycles. The fourth-order valence-electron chi connectivity index (χ4n) is 3.85. The van der Waals surface area contributed by atoms with Gasteiger partial charge in [0.25, 0.3) is 5.91 Å². The van der Waals surface area contributed by atoms with Crippen molar-refractivity contribution in [1.82, 2.24) is 10.2 Å². The minimum Gasteiger partial charge on any atom is -0.490 e. The van der Waals surface area contributed by atoms with Crippen LogP contribution in [0, 0.1) is 10.1 Å². The summed E-state index contributed by atoms with van der Waals surface area (Å²) in [5.74, 6) is -0.491. The molecule has 9 nitrogen and oxygen atoms in total. The van der Waals surface area contributed by atoms with Gasteiger partial charge in [-0.25, -0.2) is 0 Å². The number of rotatable bonds is 12. The van der Waals surface area contributed by atoms with Crippen LogP contribution in [0.5, 0.6) is 11.5 Å². The zero-order valence-electron chi connectivity index (χ0n) is 21.4. The van der Waals surface area contributed by atoms with Crippen LogP contribution in [0.4, 0.5) is 5.69 Å². The molecule has 1 N–H and O–H groups in total. The van der Waals surface area contributed by atoms with Crippen LogP contribution < -0.4 is 14.8 Å². The average molecular weight is 540 g/mol. The van der Waals surface area contributed by atoms with Gasteiger partial charge >= 0.3 is 5.69 Å². The number of nitro groups is 1. The normalized spacial score (nSPS) is 11.5. The Kier molecular flexibility index (Phi) is 10.1. The van der Waals surface area contributed by atoms with Crippen LogP contribution in [0.3, 0.4) is 0 Å². The van der Waals surface area contributed by atoms with Crippen LogP contribution in [-0.2, 0) is 22.6 Å². The van der Waals surface area contributed by atoms with Gasteiger partial charge in [0.2, 0.25) is 11.7 Å². The number of hydrogen-bond acceptors (Lipinski definition) is 6. The minimum absolute atomic E-state index is 0.0104. The van der Waals surface area contributed by atoms with Gasteiger partial charge in [0.05, 0.1) is 12.0 Å². The Bertz CT molecular complexity index is 1250. The van der Waals surface area contributed by atoms with Crippen molar-refractivity contribution in [3.8, 4) is 11.5 Å². The van der Waals surface area contributed by atoms with Crippen molar-refractivity contribution < 1.29 is 24.0 Å². The van der Waals surface area contributed by atoms with E-state index in [1.165, 1.54) is 30.2 Å². The summed E-state index contributed by atoms with van der Waals surface area (Å²) in [6, 6.07) is 19.5. The van der Waals surface area contributed by atoms with E-state index >= 15 is 0 Å². The highest BCUT2D eigenvalue weighted by molar-refractivity contribution is 6.30. The van der Waals surface area contributed by atoms with Crippen molar-refractivity contribution in [2.75, 3.05) is 13.7 Å². The quantitative estimate of drug-likeness (QED) is 0.261. The molecule has 3 aromatic carbocycles. The first-order valence-corrected chi connectivity index (χ1v) is 12.4. The maximum absolute atomic E-state index is 13.6. The molecular weight excluding hydrogens is 510 g/mol. The maximum atomic E-state index is 13.6. The molecule has 0 heterocycles. The molecule has 0 aromatic heterocycles. The van der Waals surface area contributed by atoms with E-state index in [0.29, 0.717) is 11.4 Å². The van der Waals surface area contributed by atoms with Crippen LogP contribution in [0.1, 0.15) is 25.0 Å². The predicted octanol–water partition coefficient (Wildman–Crippen LogP) is 4.80. The SMILES string of the molecule is COc1cc(OCC(=O)N(Cc2ccc(Cl)cc2)C(Cc2ccccc2)C(=O)NC(C)C)ccc1[N+](=O)[O-]. The van der Waals surface area contributed by atoms with Gasteiger partial charge in [-0.1, -0.05) is 54.1 Å². The molecule has 0 fully saturated rings. The number of methoxy groups -OCH3 is 1. The summed E-state index contributed by atoms with van der Waals surface area (Å²) in [5, 5.41) is 14.7. The molecule has 3 rings (SSSR count). The molecule has 0 aliphatic rings. The molecule has 1 atom stereocenters. The zero-order chi connectivity index (χ0) is 27.7. The highest BCUT2D eigenvalue weighted by Gasteiger charge is 2.31. The number of nitrogens with one attached hydrogen (secondary N) is 1. The molecular formula is C28H30ClN3O6. The Morgan fingerprint density at radius 3 is 2.32 bits per heavy atom. The standard InChI is InChI=1S/C28H30ClN3O6/c1-19(2)30-28(34)25(15-20-7-5-4-6-8-20)31(17-21-9-11-22(29)12-10-21)27(33)18-38-23-13-14-24(32(35)36)26(16-23)37-3/h4-14,16,19,25H,15,17-18H2,1-3H3,(H,30,34). The van der Waals surface area contributed by atoms with Gasteiger partial charge in [0.15, 0.2) is 6.61 Å². The van der Waals surface area contributed by atoms with Crippen molar-refractivity contribution in [1.29, 1.82) is 0 Å². The highest BCUT2D eigenvalue weighted by atomic mass is 35.5. The third-order valence-electron chi connectivity index (χ3n) is 5.68. The molecule has 0 saturated heterocycles. The van der Waals surface area contributed by atoms with Crippen molar-refractivity contribution in [2.24, 2.45) is 0 Å². The Balaban J connectivity index is 1.90. The number of hydrogen-bond donors (Lipinski definition) is 1. The smallest absolute Gasteiger partial charge is 0.311 e. The first-order valence-electron chi connectivity index (χ1n) is 12.0. The molecule has 10 heteroatoms. The molecule has 2 amide bonds. The van der Waals surface area contributed by atoms with E-state index in [1.54, 1.807) is 24.3 Å². The van der Waals surface area contributed by atoms with Gasteiger partial charge < -0.3 is 19.7 Å². The van der Waals surface area contributed by atoms with E-state index in [2.05, 4.69) is 5.32 Å². The van der Waals surface area contributed by atoms with E-state index in [4.69, 9.17) is 21.1 Å². The van der Waals surface area contributed by atoms with Crippen molar-refractivity contribution in [3.63, 3.8) is 0 Å². The lowest BCUT2D eigenvalue weighted by molar-refractivity contribution is -0.385. The predicted molar refractivity (Wildman–Crippen MR) is 144 cm³/mol. The van der Waals surface area contributed by atoms with Crippen LogP contribution in [-0.4, -0.2) is 47.4 Å². The van der Waals surface area contributed by atoms with Crippen LogP contribution in [0.2, 0.25) is 5.02 Å². The molecule has 200 valence electrons. The topological polar surface area (TPSA) is 111 Å². The molecule has 0 spiro atoms. The van der Waals surface area contributed by atoms with E-state index in [1.807, 2.05) is 44.2 Å². The molecule has 0 aliphatic carbocycles. The third-order valence-corrected chi connectivity index (χ3v) is 5.93. The third kappa shape index (κ3) is 7.94. The summed E-state index contributed by atoms with van der Waals surface area (Å²) in [6.07, 6.45) is 0.296. The Labute approximate surface area is 226 Å². The van der Waals surface area contributed by atoms with Crippen molar-refractivity contribution in [2.45, 2.75) is 38.9 Å². The molecule has 0 saturated carbocycles. The highest BCUT2D eigenvalue weighted by Crippen LogP contribution is 2.31. The van der Waals surface area contributed by atoms with Crippen molar-refractivity contribution >= 4 is 29.1 Å². The van der Waals surface area contributed by atoms with Gasteiger partial charge in [-0.2, -0.15) is 0 Å². The minimum atomic E-state index is -0.821.